The standard InChI is InChI=1S/C9H12O.Li/c1-7(2)8-3-5-9(10)6-4-8;/h3-7,10H,1-2H3;/q;+1/p-1. The minimum atomic E-state index is 0. The Morgan fingerprint density at radius 3 is 1.91 bits per heavy atom. The molecule has 0 fully saturated rings. The molecule has 11 heavy (non-hydrogen) atoms. The third-order valence-electron chi connectivity index (χ3n) is 1.55. The van der Waals surface area contributed by atoms with Crippen LogP contribution >= 0.6 is 0 Å². The first-order chi connectivity index (χ1) is 4.70. The van der Waals surface area contributed by atoms with Crippen LogP contribution in [0.3, 0.4) is 0 Å². The third kappa shape index (κ3) is 3.01. The van der Waals surface area contributed by atoms with Crippen LogP contribution in [0, 0.1) is 0 Å². The molecule has 0 atom stereocenters. The fourth-order valence-corrected chi connectivity index (χ4v) is 0.853. The van der Waals surface area contributed by atoms with E-state index in [1.807, 2.05) is 12.1 Å². The molecule has 0 unspecified atom stereocenters. The third-order valence-corrected chi connectivity index (χ3v) is 1.55. The Bertz CT molecular complexity index is 203. The van der Waals surface area contributed by atoms with Crippen molar-refractivity contribution in [1.82, 2.24) is 0 Å². The molecule has 1 aromatic rings. The van der Waals surface area contributed by atoms with Gasteiger partial charge in [0, 0.05) is 0 Å². The molecule has 2 heteroatoms. The van der Waals surface area contributed by atoms with Crippen molar-refractivity contribution in [2.24, 2.45) is 0 Å². The van der Waals surface area contributed by atoms with Gasteiger partial charge in [0.2, 0.25) is 0 Å². The van der Waals surface area contributed by atoms with Crippen LogP contribution in [0.4, 0.5) is 0 Å². The van der Waals surface area contributed by atoms with Crippen LogP contribution in [-0.2, 0) is 0 Å². The summed E-state index contributed by atoms with van der Waals surface area (Å²) >= 11 is 0. The predicted molar refractivity (Wildman–Crippen MR) is 40.0 cm³/mol. The molecule has 1 rings (SSSR count). The van der Waals surface area contributed by atoms with E-state index in [9.17, 15) is 5.11 Å². The van der Waals surface area contributed by atoms with Gasteiger partial charge in [-0.2, -0.15) is 0 Å². The van der Waals surface area contributed by atoms with Gasteiger partial charge in [0.1, 0.15) is 0 Å². The van der Waals surface area contributed by atoms with E-state index >= 15 is 0 Å². The van der Waals surface area contributed by atoms with E-state index in [1.165, 1.54) is 5.56 Å². The summed E-state index contributed by atoms with van der Waals surface area (Å²) in [4.78, 5) is 0. The predicted octanol–water partition coefficient (Wildman–Crippen LogP) is -1.11. The monoisotopic (exact) mass is 142 g/mol. The second kappa shape index (κ2) is 4.49. The summed E-state index contributed by atoms with van der Waals surface area (Å²) in [6.07, 6.45) is 0. The SMILES string of the molecule is CC(C)c1ccc([O-])cc1.[Li+]. The van der Waals surface area contributed by atoms with Gasteiger partial charge in [-0.25, -0.2) is 0 Å². The summed E-state index contributed by atoms with van der Waals surface area (Å²) < 4.78 is 0. The zero-order chi connectivity index (χ0) is 7.56. The molecule has 0 heterocycles. The molecular formula is C9H11LiO. The molecule has 0 aliphatic rings. The van der Waals surface area contributed by atoms with Gasteiger partial charge in [0.05, 0.1) is 0 Å². The fraction of sp³-hybridized carbons (Fsp3) is 0.333. The molecule has 0 bridgehead atoms. The minimum Gasteiger partial charge on any atom is -0.872 e. The first kappa shape index (κ1) is 10.6. The molecule has 0 aliphatic carbocycles. The smallest absolute Gasteiger partial charge is 0.872 e. The van der Waals surface area contributed by atoms with Crippen LogP contribution in [0.1, 0.15) is 25.3 Å². The first-order valence-corrected chi connectivity index (χ1v) is 3.47. The van der Waals surface area contributed by atoms with Gasteiger partial charge >= 0.3 is 18.9 Å². The molecule has 0 aromatic heterocycles. The molecule has 0 saturated carbocycles. The Labute approximate surface area is 79.6 Å². The minimum absolute atomic E-state index is 0. The Kier molecular flexibility index (Phi) is 4.33. The van der Waals surface area contributed by atoms with Gasteiger partial charge < -0.3 is 5.11 Å². The first-order valence-electron chi connectivity index (χ1n) is 3.47. The average molecular weight is 142 g/mol. The quantitative estimate of drug-likeness (QED) is 0.456. The maximum absolute atomic E-state index is 10.6. The van der Waals surface area contributed by atoms with E-state index < -0.39 is 0 Å². The van der Waals surface area contributed by atoms with Crippen LogP contribution < -0.4 is 24.0 Å². The maximum atomic E-state index is 10.6. The van der Waals surface area contributed by atoms with E-state index in [0.717, 1.165) is 0 Å². The summed E-state index contributed by atoms with van der Waals surface area (Å²) in [5, 5.41) is 10.6. The van der Waals surface area contributed by atoms with Crippen LogP contribution in [0.15, 0.2) is 24.3 Å². The molecular weight excluding hydrogens is 131 g/mol. The second-order valence-corrected chi connectivity index (χ2v) is 2.72. The van der Waals surface area contributed by atoms with Crippen molar-refractivity contribution in [2.75, 3.05) is 0 Å². The zero-order valence-corrected chi connectivity index (χ0v) is 7.29. The van der Waals surface area contributed by atoms with Crippen molar-refractivity contribution in [3.05, 3.63) is 29.8 Å². The zero-order valence-electron chi connectivity index (χ0n) is 7.29. The Morgan fingerprint density at radius 2 is 1.55 bits per heavy atom. The van der Waals surface area contributed by atoms with Crippen LogP contribution in [0.25, 0.3) is 0 Å². The van der Waals surface area contributed by atoms with Crippen molar-refractivity contribution in [1.29, 1.82) is 0 Å². The van der Waals surface area contributed by atoms with Crippen molar-refractivity contribution in [3.63, 3.8) is 0 Å². The second-order valence-electron chi connectivity index (χ2n) is 2.72. The largest absolute Gasteiger partial charge is 1.00 e. The Balaban J connectivity index is 0.000001000. The summed E-state index contributed by atoms with van der Waals surface area (Å²) in [5.74, 6) is 0.602. The molecule has 1 nitrogen and oxygen atoms in total. The number of hydrogen-bond donors (Lipinski definition) is 0. The molecule has 1 aromatic carbocycles. The van der Waals surface area contributed by atoms with E-state index in [-0.39, 0.29) is 24.6 Å². The summed E-state index contributed by atoms with van der Waals surface area (Å²) in [6, 6.07) is 6.98. The average Bonchev–Trinajstić information content (AvgIpc) is 1.88. The summed E-state index contributed by atoms with van der Waals surface area (Å²) in [7, 11) is 0. The summed E-state index contributed by atoms with van der Waals surface area (Å²) in [5.41, 5.74) is 1.22. The number of benzene rings is 1. The van der Waals surface area contributed by atoms with Gasteiger partial charge in [-0.3, -0.25) is 0 Å². The molecule has 0 N–H and O–H groups in total. The van der Waals surface area contributed by atoms with Crippen molar-refractivity contribution < 1.29 is 24.0 Å². The number of rotatable bonds is 1. The molecule has 0 amide bonds. The van der Waals surface area contributed by atoms with Crippen molar-refractivity contribution >= 4 is 0 Å². The molecule has 0 radical (unpaired) electrons. The van der Waals surface area contributed by atoms with Crippen LogP contribution in [0.5, 0.6) is 5.75 Å². The van der Waals surface area contributed by atoms with Crippen molar-refractivity contribution in [3.8, 4) is 5.75 Å². The van der Waals surface area contributed by atoms with Gasteiger partial charge in [-0.15, -0.1) is 5.75 Å². The van der Waals surface area contributed by atoms with Crippen molar-refractivity contribution in [2.45, 2.75) is 19.8 Å². The van der Waals surface area contributed by atoms with E-state index in [0.29, 0.717) is 5.92 Å². The Morgan fingerprint density at radius 1 is 1.09 bits per heavy atom. The van der Waals surface area contributed by atoms with E-state index in [2.05, 4.69) is 13.8 Å². The topological polar surface area (TPSA) is 23.1 Å². The molecule has 0 spiro atoms. The van der Waals surface area contributed by atoms with Gasteiger partial charge in [0.25, 0.3) is 0 Å². The van der Waals surface area contributed by atoms with Crippen LogP contribution in [-0.4, -0.2) is 0 Å². The Hall–Kier alpha value is -0.383. The molecule has 54 valence electrons. The van der Waals surface area contributed by atoms with E-state index in [1.54, 1.807) is 12.1 Å². The molecule has 0 aliphatic heterocycles. The van der Waals surface area contributed by atoms with Crippen LogP contribution in [0.2, 0.25) is 0 Å². The maximum Gasteiger partial charge on any atom is 1.00 e. The summed E-state index contributed by atoms with van der Waals surface area (Å²) in [6.45, 7) is 4.22. The van der Waals surface area contributed by atoms with Gasteiger partial charge in [-0.05, 0) is 11.5 Å². The normalized spacial score (nSPS) is 9.36. The van der Waals surface area contributed by atoms with Gasteiger partial charge in [0.15, 0.2) is 0 Å². The van der Waals surface area contributed by atoms with Gasteiger partial charge in [-0.1, -0.05) is 38.1 Å². The molecule has 0 saturated heterocycles. The van der Waals surface area contributed by atoms with E-state index in [4.69, 9.17) is 0 Å². The fourth-order valence-electron chi connectivity index (χ4n) is 0.853. The number of hydrogen-bond acceptors (Lipinski definition) is 1.